The number of hydrogen-bond donors (Lipinski definition) is 7. The molecule has 3 atom stereocenters. The zero-order valence-corrected chi connectivity index (χ0v) is 42.2. The fourth-order valence-corrected chi connectivity index (χ4v) is 10.2. The fourth-order valence-electron chi connectivity index (χ4n) is 10.2. The minimum absolute atomic E-state index is 0.00843. The van der Waals surface area contributed by atoms with Gasteiger partial charge in [0, 0.05) is 60.7 Å². The summed E-state index contributed by atoms with van der Waals surface area (Å²) in [7, 11) is 0. The molecule has 0 saturated carbocycles. The summed E-state index contributed by atoms with van der Waals surface area (Å²) < 4.78 is 22.1. The predicted molar refractivity (Wildman–Crippen MR) is 271 cm³/mol. The molecule has 4 aromatic rings. The van der Waals surface area contributed by atoms with Gasteiger partial charge < -0.3 is 46.3 Å². The molecule has 0 spiro atoms. The number of unbranched alkanes of at least 4 members (excludes halogenated alkanes) is 2. The summed E-state index contributed by atoms with van der Waals surface area (Å²) in [5.74, 6) is -5.26. The number of imide groups is 1. The average molecular weight is 1050 g/mol. The first-order valence-corrected chi connectivity index (χ1v) is 25.5. The summed E-state index contributed by atoms with van der Waals surface area (Å²) in [6.07, 6.45) is 5.73. The number of amides is 8. The minimum atomic E-state index is -2.04. The van der Waals surface area contributed by atoms with Gasteiger partial charge in [-0.15, -0.1) is 0 Å². The lowest BCUT2D eigenvalue weighted by Gasteiger charge is -2.31. The topological polar surface area (TPSA) is 293 Å². The lowest BCUT2D eigenvalue weighted by atomic mass is 9.81. The number of halogens is 1. The number of ether oxygens (including phenoxy) is 1. The van der Waals surface area contributed by atoms with Gasteiger partial charge in [-0.2, -0.15) is 0 Å². The van der Waals surface area contributed by atoms with E-state index in [2.05, 4.69) is 31.9 Å². The molecule has 2 aromatic heterocycles. The number of rotatable bonds is 23. The van der Waals surface area contributed by atoms with Crippen LogP contribution >= 0.6 is 0 Å². The SMILES string of the molecule is CC[C@@]1(O)C(=O)OCc2c1cc1n(c2=O)Cc2c-1nc1cc(F)c(C)c3c1c2[C@@H](NC(=O)CCCNC(=O)CNC(=O)[C@H](CCc1ccccc1)NC(=O)CNC(=O)CNC(=O)CCCCCN1C(=O)C=CC1=O)CC3. The molecule has 4 aliphatic rings. The summed E-state index contributed by atoms with van der Waals surface area (Å²) in [5.41, 5.74) is 2.36. The number of aliphatic hydroxyl groups is 1. The number of benzene rings is 2. The first kappa shape index (κ1) is 54.1. The number of nitrogens with zero attached hydrogens (tertiary/aromatic N) is 3. The Bertz CT molecular complexity index is 3100. The molecule has 0 bridgehead atoms. The Balaban J connectivity index is 0.806. The third kappa shape index (κ3) is 11.9. The molecule has 400 valence electrons. The minimum Gasteiger partial charge on any atom is -0.458 e. The number of carbonyl (C=O) groups excluding carboxylic acids is 9. The number of pyridine rings is 2. The van der Waals surface area contributed by atoms with E-state index >= 15 is 4.39 Å². The molecule has 8 rings (SSSR count). The second kappa shape index (κ2) is 23.6. The van der Waals surface area contributed by atoms with Gasteiger partial charge in [-0.25, -0.2) is 14.2 Å². The maximum Gasteiger partial charge on any atom is 0.343 e. The van der Waals surface area contributed by atoms with Crippen LogP contribution in [0.1, 0.15) is 110 Å². The van der Waals surface area contributed by atoms with Gasteiger partial charge in [-0.05, 0) is 86.6 Å². The Morgan fingerprint density at radius 1 is 0.829 bits per heavy atom. The number of hydrogen-bond acceptors (Lipinski definition) is 13. The Labute approximate surface area is 435 Å². The molecule has 0 saturated heterocycles. The van der Waals surface area contributed by atoms with E-state index in [1.165, 1.54) is 22.8 Å². The summed E-state index contributed by atoms with van der Waals surface area (Å²) >= 11 is 0. The third-order valence-electron chi connectivity index (χ3n) is 14.3. The van der Waals surface area contributed by atoms with Crippen molar-refractivity contribution in [2.45, 2.75) is 115 Å². The number of cyclic esters (lactones) is 1. The molecule has 0 fully saturated rings. The van der Waals surface area contributed by atoms with E-state index in [4.69, 9.17) is 9.72 Å². The van der Waals surface area contributed by atoms with Crippen LogP contribution in [0, 0.1) is 12.7 Å². The van der Waals surface area contributed by atoms with Crippen molar-refractivity contribution in [3.05, 3.63) is 110 Å². The van der Waals surface area contributed by atoms with Crippen LogP contribution in [0.3, 0.4) is 0 Å². The molecular weight excluding hydrogens is 986 g/mol. The predicted octanol–water partition coefficient (Wildman–Crippen LogP) is 1.48. The zero-order valence-electron chi connectivity index (χ0n) is 42.2. The van der Waals surface area contributed by atoms with Crippen molar-refractivity contribution in [3.8, 4) is 11.4 Å². The molecule has 2 aromatic carbocycles. The van der Waals surface area contributed by atoms with Gasteiger partial charge in [-0.3, -0.25) is 48.1 Å². The van der Waals surface area contributed by atoms with Crippen molar-refractivity contribution < 1.29 is 57.4 Å². The van der Waals surface area contributed by atoms with Gasteiger partial charge >= 0.3 is 5.97 Å². The lowest BCUT2D eigenvalue weighted by Crippen LogP contribution is -2.51. The highest BCUT2D eigenvalue weighted by molar-refractivity contribution is 6.12. The highest BCUT2D eigenvalue weighted by Crippen LogP contribution is 2.46. The van der Waals surface area contributed by atoms with E-state index in [9.17, 15) is 53.1 Å². The third-order valence-corrected chi connectivity index (χ3v) is 14.3. The molecule has 21 nitrogen and oxygen atoms in total. The first-order valence-electron chi connectivity index (χ1n) is 25.5. The molecule has 22 heteroatoms. The van der Waals surface area contributed by atoms with Crippen LogP contribution in [0.2, 0.25) is 0 Å². The summed E-state index contributed by atoms with van der Waals surface area (Å²) in [5, 5.41) is 27.9. The van der Waals surface area contributed by atoms with Gasteiger partial charge in [0.25, 0.3) is 17.4 Å². The van der Waals surface area contributed by atoms with Crippen LogP contribution in [0.5, 0.6) is 0 Å². The summed E-state index contributed by atoms with van der Waals surface area (Å²) in [6.45, 7) is 2.09. The van der Waals surface area contributed by atoms with Gasteiger partial charge in [0.15, 0.2) is 5.60 Å². The van der Waals surface area contributed by atoms with Crippen molar-refractivity contribution >= 4 is 64.1 Å². The zero-order chi connectivity index (χ0) is 54.3. The van der Waals surface area contributed by atoms with Crippen molar-refractivity contribution in [2.24, 2.45) is 0 Å². The quantitative estimate of drug-likeness (QED) is 0.0278. The molecule has 0 unspecified atom stereocenters. The second-order valence-electron chi connectivity index (χ2n) is 19.3. The van der Waals surface area contributed by atoms with E-state index in [0.717, 1.165) is 16.0 Å². The normalized spacial score (nSPS) is 17.3. The Kier molecular flexibility index (Phi) is 16.8. The van der Waals surface area contributed by atoms with E-state index in [1.54, 1.807) is 19.9 Å². The molecule has 7 N–H and O–H groups in total. The number of nitrogens with one attached hydrogen (secondary N) is 6. The maximum absolute atomic E-state index is 15.4. The highest BCUT2D eigenvalue weighted by Gasteiger charge is 2.46. The van der Waals surface area contributed by atoms with Gasteiger partial charge in [0.05, 0.1) is 54.7 Å². The maximum atomic E-state index is 15.4. The molecular formula is C54H60FN9O12. The van der Waals surface area contributed by atoms with Crippen molar-refractivity contribution in [1.29, 1.82) is 0 Å². The van der Waals surface area contributed by atoms with Crippen LogP contribution < -0.4 is 37.5 Å². The Morgan fingerprint density at radius 2 is 1.53 bits per heavy atom. The molecule has 0 radical (unpaired) electrons. The highest BCUT2D eigenvalue weighted by atomic mass is 19.1. The van der Waals surface area contributed by atoms with Crippen molar-refractivity contribution in [1.82, 2.24) is 46.4 Å². The van der Waals surface area contributed by atoms with Gasteiger partial charge in [-0.1, -0.05) is 43.7 Å². The average Bonchev–Trinajstić information content (AvgIpc) is 4.01. The fraction of sp³-hybridized carbons (Fsp3) is 0.426. The lowest BCUT2D eigenvalue weighted by molar-refractivity contribution is -0.172. The van der Waals surface area contributed by atoms with E-state index in [-0.39, 0.29) is 87.2 Å². The smallest absolute Gasteiger partial charge is 0.343 e. The monoisotopic (exact) mass is 1050 g/mol. The molecule has 1 aliphatic carbocycles. The van der Waals surface area contributed by atoms with Crippen LogP contribution in [0.25, 0.3) is 22.3 Å². The van der Waals surface area contributed by atoms with E-state index in [1.807, 2.05) is 30.3 Å². The standard InChI is InChI=1S/C54H60FN9O12/c1-3-54(75)35-23-40-50-33(28-64(40)52(73)34(35)29-76-53(54)74)49-37(18-16-32-30(2)36(55)24-39(62-50)48(32)49)60-42(66)14-10-21-56-43(67)26-59-51(72)38(17-15-31-11-6-4-7-12-31)61-45(69)27-58-44(68)25-57-41(65)13-8-5-9-22-63-46(70)19-20-47(63)71/h4,6-7,11-12,19-20,23-24,37-38,75H,3,5,8-10,13-18,21-22,25-29H2,1-2H3,(H,56,67)(H,57,65)(H,58,68)(H,59,72)(H,60,66)(H,61,69)/t37-,38-,54-/m0/s1. The van der Waals surface area contributed by atoms with Crippen LogP contribution in [-0.2, 0) is 79.5 Å². The van der Waals surface area contributed by atoms with Crippen LogP contribution in [0.4, 0.5) is 4.39 Å². The van der Waals surface area contributed by atoms with Gasteiger partial charge in [0.1, 0.15) is 18.5 Å². The number of fused-ring (bicyclic) bond motifs is 5. The molecule has 3 aliphatic heterocycles. The number of aryl methyl sites for hydroxylation is 2. The number of esters is 1. The second-order valence-corrected chi connectivity index (χ2v) is 19.3. The Morgan fingerprint density at radius 3 is 2.28 bits per heavy atom. The first-order chi connectivity index (χ1) is 36.5. The van der Waals surface area contributed by atoms with E-state index < -0.39 is 84.2 Å². The van der Waals surface area contributed by atoms with Crippen molar-refractivity contribution in [3.63, 3.8) is 0 Å². The van der Waals surface area contributed by atoms with E-state index in [0.29, 0.717) is 77.5 Å². The molecule has 76 heavy (non-hydrogen) atoms. The molecule has 5 heterocycles. The summed E-state index contributed by atoms with van der Waals surface area (Å²) in [4.78, 5) is 134. The number of aromatic nitrogens is 2. The summed E-state index contributed by atoms with van der Waals surface area (Å²) in [6, 6.07) is 10.5. The number of carbonyl (C=O) groups is 9. The van der Waals surface area contributed by atoms with Crippen LogP contribution in [-0.4, -0.2) is 112 Å². The largest absolute Gasteiger partial charge is 0.458 e. The van der Waals surface area contributed by atoms with Gasteiger partial charge in [0.2, 0.25) is 35.4 Å². The molecule has 8 amide bonds. The Hall–Kier alpha value is -8.14. The van der Waals surface area contributed by atoms with Crippen molar-refractivity contribution in [2.75, 3.05) is 32.7 Å². The van der Waals surface area contributed by atoms with Crippen LogP contribution in [0.15, 0.2) is 59.4 Å².